The highest BCUT2D eigenvalue weighted by atomic mass is 32.2. The van der Waals surface area contributed by atoms with Gasteiger partial charge in [0.1, 0.15) is 0 Å². The first-order valence-corrected chi connectivity index (χ1v) is 18.8. The zero-order valence-corrected chi connectivity index (χ0v) is 29.6. The number of hydrogen-bond donors (Lipinski definition) is 2. The molecular weight excluding hydrogens is 582 g/mol. The summed E-state index contributed by atoms with van der Waals surface area (Å²) < 4.78 is 13.9. The number of quaternary nitrogens is 1. The molecule has 0 fully saturated rings. The zero-order chi connectivity index (χ0) is 33.3. The molecule has 0 bridgehead atoms. The third kappa shape index (κ3) is 16.1. The maximum absolute atomic E-state index is 12.5. The molecule has 6 nitrogen and oxygen atoms in total. The Morgan fingerprint density at radius 1 is 0.511 bits per heavy atom. The van der Waals surface area contributed by atoms with Crippen molar-refractivity contribution >= 4 is 22.7 Å². The molecule has 2 aromatic carbocycles. The van der Waals surface area contributed by atoms with E-state index in [0.717, 1.165) is 0 Å². The fourth-order valence-corrected chi connectivity index (χ4v) is 7.25. The average molecular weight is 645 g/mol. The Morgan fingerprint density at radius 2 is 0.800 bits per heavy atom. The van der Waals surface area contributed by atoms with E-state index in [1.54, 1.807) is 12.1 Å². The number of carboxylic acids is 2. The smallest absolute Gasteiger partial charge is 0.336 e. The summed E-state index contributed by atoms with van der Waals surface area (Å²) in [6.45, 7) is 15.2. The Kier molecular flexibility index (Phi) is 22.2. The van der Waals surface area contributed by atoms with E-state index in [1.165, 1.54) is 170 Å². The van der Waals surface area contributed by atoms with Gasteiger partial charge in [-0.05, 0) is 75.6 Å². The van der Waals surface area contributed by atoms with Gasteiger partial charge in [0.25, 0.3) is 0 Å². The number of hydrogen-bond acceptors (Lipinski definition) is 3. The molecule has 0 atom stereocenters. The second kappa shape index (κ2) is 24.7. The summed E-state index contributed by atoms with van der Waals surface area (Å²) >= 11 is 0. The standard InChI is InChI=1S/C24H52N.C14H10O5S/c1-5-9-13-17-21-25(22-18-14-10-6-2,23-19-15-11-7-3)24-20-16-12-8-4;15-13(16)9-5-1-3-7-11(9)20(19)12-8-4-2-6-10(12)14(17)18/h5-24H2,1-4H3;1-8H,(H,15,16)(H,17,18)/q+1;. The van der Waals surface area contributed by atoms with E-state index in [9.17, 15) is 13.8 Å². The van der Waals surface area contributed by atoms with Crippen molar-refractivity contribution in [2.24, 2.45) is 0 Å². The minimum atomic E-state index is -1.87. The summed E-state index contributed by atoms with van der Waals surface area (Å²) in [4.78, 5) is 22.4. The predicted octanol–water partition coefficient (Wildman–Crippen LogP) is 10.4. The summed E-state index contributed by atoms with van der Waals surface area (Å²) in [7, 11) is -1.87. The van der Waals surface area contributed by atoms with Crippen LogP contribution in [0.1, 0.15) is 151 Å². The molecule has 0 spiro atoms. The van der Waals surface area contributed by atoms with E-state index >= 15 is 0 Å². The summed E-state index contributed by atoms with van der Waals surface area (Å²) in [6, 6.07) is 11.7. The summed E-state index contributed by atoms with van der Waals surface area (Å²) in [6.07, 6.45) is 22.8. The topological polar surface area (TPSA) is 91.7 Å². The predicted molar refractivity (Wildman–Crippen MR) is 188 cm³/mol. The van der Waals surface area contributed by atoms with Gasteiger partial charge in [0.15, 0.2) is 0 Å². The van der Waals surface area contributed by atoms with E-state index in [2.05, 4.69) is 27.7 Å². The number of carbonyl (C=O) groups is 2. The number of aromatic carboxylic acids is 2. The molecule has 0 saturated carbocycles. The summed E-state index contributed by atoms with van der Waals surface area (Å²) in [5, 5.41) is 18.2. The van der Waals surface area contributed by atoms with Crippen LogP contribution in [0.4, 0.5) is 0 Å². The summed E-state index contributed by atoms with van der Waals surface area (Å²) in [5.41, 5.74) is -0.211. The minimum Gasteiger partial charge on any atom is -0.478 e. The lowest BCUT2D eigenvalue weighted by Gasteiger charge is -2.39. The molecule has 45 heavy (non-hydrogen) atoms. The molecule has 2 N–H and O–H groups in total. The number of rotatable bonds is 24. The fraction of sp³-hybridized carbons (Fsp3) is 0.632. The molecule has 2 aromatic rings. The highest BCUT2D eigenvalue weighted by Crippen LogP contribution is 2.23. The Hall–Kier alpha value is -2.51. The van der Waals surface area contributed by atoms with E-state index in [1.807, 2.05) is 0 Å². The van der Waals surface area contributed by atoms with Gasteiger partial charge in [0.05, 0.1) is 57.9 Å². The SMILES string of the molecule is CCCCCC[N+](CCCCCC)(CCCCCC)CCCCCC.O=C(O)c1ccccc1S(=O)c1ccccc1C(=O)O. The molecule has 0 saturated heterocycles. The quantitative estimate of drug-likeness (QED) is 0.0876. The van der Waals surface area contributed by atoms with Gasteiger partial charge in [-0.15, -0.1) is 0 Å². The highest BCUT2D eigenvalue weighted by Gasteiger charge is 2.25. The molecule has 0 amide bonds. The van der Waals surface area contributed by atoms with Crippen LogP contribution in [0, 0.1) is 0 Å². The first-order chi connectivity index (χ1) is 21.8. The second-order valence-electron chi connectivity index (χ2n) is 12.4. The van der Waals surface area contributed by atoms with E-state index < -0.39 is 22.7 Å². The van der Waals surface area contributed by atoms with Crippen LogP contribution in [0.3, 0.4) is 0 Å². The van der Waals surface area contributed by atoms with Crippen LogP contribution in [0.15, 0.2) is 58.3 Å². The fourth-order valence-electron chi connectivity index (χ4n) is 5.90. The van der Waals surface area contributed by atoms with Crippen molar-refractivity contribution in [2.75, 3.05) is 26.2 Å². The van der Waals surface area contributed by atoms with Crippen LogP contribution in [0.25, 0.3) is 0 Å². The van der Waals surface area contributed by atoms with Gasteiger partial charge in [-0.3, -0.25) is 0 Å². The highest BCUT2D eigenvalue weighted by molar-refractivity contribution is 7.85. The number of benzene rings is 2. The van der Waals surface area contributed by atoms with Gasteiger partial charge in [-0.1, -0.05) is 103 Å². The average Bonchev–Trinajstić information content (AvgIpc) is 3.05. The monoisotopic (exact) mass is 644 g/mol. The number of carboxylic acid groups (broad SMARTS) is 2. The van der Waals surface area contributed by atoms with Crippen LogP contribution in [-0.4, -0.2) is 57.0 Å². The molecule has 0 aliphatic rings. The van der Waals surface area contributed by atoms with Crippen molar-refractivity contribution in [1.29, 1.82) is 0 Å². The van der Waals surface area contributed by atoms with Gasteiger partial charge in [0, 0.05) is 0 Å². The molecule has 0 aliphatic carbocycles. The molecule has 0 aliphatic heterocycles. The maximum Gasteiger partial charge on any atom is 0.336 e. The van der Waals surface area contributed by atoms with Crippen LogP contribution >= 0.6 is 0 Å². The normalized spacial score (nSPS) is 11.3. The number of nitrogens with zero attached hydrogens (tertiary/aromatic N) is 1. The molecule has 254 valence electrons. The number of unbranched alkanes of at least 4 members (excludes halogenated alkanes) is 12. The Balaban J connectivity index is 0.000000459. The molecule has 0 aromatic heterocycles. The minimum absolute atomic E-state index is 0.0775. The summed E-state index contributed by atoms with van der Waals surface area (Å²) in [5.74, 6) is -2.41. The van der Waals surface area contributed by atoms with Crippen LogP contribution < -0.4 is 0 Å². The molecule has 0 heterocycles. The van der Waals surface area contributed by atoms with Crippen molar-refractivity contribution in [3.63, 3.8) is 0 Å². The first-order valence-electron chi connectivity index (χ1n) is 17.7. The maximum atomic E-state index is 12.5. The zero-order valence-electron chi connectivity index (χ0n) is 28.7. The van der Waals surface area contributed by atoms with Crippen molar-refractivity contribution < 1.29 is 28.5 Å². The lowest BCUT2D eigenvalue weighted by Crippen LogP contribution is -2.50. The second-order valence-corrected chi connectivity index (χ2v) is 13.8. The third-order valence-corrected chi connectivity index (χ3v) is 10.1. The largest absolute Gasteiger partial charge is 0.478 e. The molecule has 0 unspecified atom stereocenters. The van der Waals surface area contributed by atoms with Gasteiger partial charge in [0.2, 0.25) is 0 Å². The van der Waals surface area contributed by atoms with Crippen molar-refractivity contribution in [1.82, 2.24) is 0 Å². The van der Waals surface area contributed by atoms with Crippen molar-refractivity contribution in [3.8, 4) is 0 Å². The third-order valence-electron chi connectivity index (χ3n) is 8.58. The van der Waals surface area contributed by atoms with E-state index in [0.29, 0.717) is 0 Å². The van der Waals surface area contributed by atoms with Crippen LogP contribution in [-0.2, 0) is 10.8 Å². The molecular formula is C38H62NO5S+. The van der Waals surface area contributed by atoms with Gasteiger partial charge >= 0.3 is 11.9 Å². The van der Waals surface area contributed by atoms with Gasteiger partial charge in [-0.2, -0.15) is 0 Å². The molecule has 7 heteroatoms. The molecule has 0 radical (unpaired) electrons. The van der Waals surface area contributed by atoms with Crippen LogP contribution in [0.2, 0.25) is 0 Å². The molecule has 2 rings (SSSR count). The first kappa shape index (κ1) is 40.5. The van der Waals surface area contributed by atoms with E-state index in [-0.39, 0.29) is 20.9 Å². The van der Waals surface area contributed by atoms with Crippen LogP contribution in [0.5, 0.6) is 0 Å². The van der Waals surface area contributed by atoms with Gasteiger partial charge in [-0.25, -0.2) is 13.8 Å². The lowest BCUT2D eigenvalue weighted by atomic mass is 10.1. The van der Waals surface area contributed by atoms with Crippen molar-refractivity contribution in [3.05, 3.63) is 59.7 Å². The Morgan fingerprint density at radius 3 is 1.07 bits per heavy atom. The van der Waals surface area contributed by atoms with E-state index in [4.69, 9.17) is 10.2 Å². The van der Waals surface area contributed by atoms with Gasteiger partial charge < -0.3 is 14.7 Å². The lowest BCUT2D eigenvalue weighted by molar-refractivity contribution is -0.929. The van der Waals surface area contributed by atoms with Crippen molar-refractivity contribution in [2.45, 2.75) is 140 Å². The Bertz CT molecular complexity index is 1010. The Labute approximate surface area is 276 Å².